The van der Waals surface area contributed by atoms with Crippen LogP contribution < -0.4 is 121 Å². The maximum Gasteiger partial charge on any atom is 0.250 e. The Bertz CT molecular complexity index is 4210. The number of unbranched alkanes of at least 4 members (excludes halogenated alkanes) is 2. The Morgan fingerprint density at radius 3 is 0.958 bits per heavy atom. The monoisotopic (exact) mass is 1650 g/mol. The summed E-state index contributed by atoms with van der Waals surface area (Å²) in [5.41, 5.74) is 87.9. The highest BCUT2D eigenvalue weighted by molar-refractivity contribution is 6.03. The van der Waals surface area contributed by atoms with E-state index in [1.807, 2.05) is 82.0 Å². The fourth-order valence-electron chi connectivity index (χ4n) is 11.2. The lowest BCUT2D eigenvalue weighted by Gasteiger charge is -2.25. The number of anilines is 14. The minimum atomic E-state index is -0.576. The number of primary amides is 7. The lowest BCUT2D eigenvalue weighted by molar-refractivity contribution is -0.119. The van der Waals surface area contributed by atoms with Crippen molar-refractivity contribution in [1.82, 2.24) is 10.2 Å². The van der Waals surface area contributed by atoms with Crippen LogP contribution in [0.1, 0.15) is 166 Å². The van der Waals surface area contributed by atoms with Gasteiger partial charge in [-0.3, -0.25) is 38.4 Å². The van der Waals surface area contributed by atoms with E-state index in [0.29, 0.717) is 99.4 Å². The fraction of sp³-hybridized carbons (Fsp3) is 0.412. The van der Waals surface area contributed by atoms with Gasteiger partial charge in [-0.2, -0.15) is 0 Å². The van der Waals surface area contributed by atoms with Crippen molar-refractivity contribution in [2.45, 2.75) is 93.4 Å². The van der Waals surface area contributed by atoms with Crippen LogP contribution in [0.15, 0.2) is 127 Å². The van der Waals surface area contributed by atoms with Crippen molar-refractivity contribution < 1.29 is 52.9 Å². The molecule has 8 amide bonds. The van der Waals surface area contributed by atoms with E-state index in [1.54, 1.807) is 111 Å². The Morgan fingerprint density at radius 1 is 0.345 bits per heavy atom. The van der Waals surface area contributed by atoms with Gasteiger partial charge in [0.15, 0.2) is 0 Å². The molecule has 0 fully saturated rings. The van der Waals surface area contributed by atoms with Gasteiger partial charge >= 0.3 is 0 Å². The van der Waals surface area contributed by atoms with Crippen LogP contribution in [0.4, 0.5) is 79.6 Å². The Kier molecular flexibility index (Phi) is 50.3. The van der Waals surface area contributed by atoms with Crippen LogP contribution in [0, 0.1) is 0 Å². The third kappa shape index (κ3) is 38.8. The van der Waals surface area contributed by atoms with E-state index in [-0.39, 0.29) is 24.6 Å². The van der Waals surface area contributed by atoms with E-state index in [0.717, 1.165) is 150 Å². The van der Waals surface area contributed by atoms with E-state index in [9.17, 15) is 38.4 Å². The van der Waals surface area contributed by atoms with Gasteiger partial charge in [0.1, 0.15) is 0 Å². The van der Waals surface area contributed by atoms with Crippen molar-refractivity contribution in [1.29, 1.82) is 0 Å². The molecule has 7 aromatic rings. The zero-order valence-electron chi connectivity index (χ0n) is 71.7. The number of hydrogen-bond donors (Lipinski definition) is 18. The molecule has 7 rings (SSSR count). The molecule has 119 heavy (non-hydrogen) atoms. The number of aliphatic hydroxyl groups is 1. The minimum Gasteiger partial charge on any atom is -0.398 e. The number of amides is 8. The zero-order valence-corrected chi connectivity index (χ0v) is 71.7. The lowest BCUT2D eigenvalue weighted by atomic mass is 10.1. The number of nitrogen functional groups attached to an aromatic ring is 7. The molecule has 0 heterocycles. The SMILES string of the molecule is CCCCNc1ccc(N)c(C(N)=O)c1.CCCCNc1ccc(N)c(C(N)=O)c1.CCCN(CCCOC)c1ccc(N)c(C(N)=O)c1.CCCN(CCOC)c1ccc(N)c(C(N)=O)c1.CCN(CCO)c1ccc(N)c(C(N)=O)c1.CCNC(=O)CN(CC)c1ccc(N)c(C(N)=O)c1.CN(C)CCN(C)c1ccc(N)c(C(N)=O)c1. The number of nitrogens with two attached hydrogens (primary N) is 14. The summed E-state index contributed by atoms with van der Waals surface area (Å²) in [4.78, 5) is 102. The summed E-state index contributed by atoms with van der Waals surface area (Å²) in [7, 11) is 9.37. The van der Waals surface area contributed by atoms with Gasteiger partial charge in [0.25, 0.3) is 41.4 Å². The highest BCUT2D eigenvalue weighted by Crippen LogP contribution is 2.27. The summed E-state index contributed by atoms with van der Waals surface area (Å²) < 4.78 is 10.2. The molecule has 0 radical (unpaired) electrons. The Hall–Kier alpha value is -12.7. The van der Waals surface area contributed by atoms with Crippen LogP contribution in [0.2, 0.25) is 0 Å². The Balaban J connectivity index is 0.000000695. The molecular weight excluding hydrogens is 1520 g/mol. The third-order valence-electron chi connectivity index (χ3n) is 17.8. The predicted molar refractivity (Wildman–Crippen MR) is 489 cm³/mol. The van der Waals surface area contributed by atoms with Crippen LogP contribution >= 0.6 is 0 Å². The summed E-state index contributed by atoms with van der Waals surface area (Å²) in [5, 5.41) is 18.0. The van der Waals surface area contributed by atoms with Crippen molar-refractivity contribution in [3.63, 3.8) is 0 Å². The first-order chi connectivity index (χ1) is 56.5. The van der Waals surface area contributed by atoms with Gasteiger partial charge in [-0.25, -0.2) is 0 Å². The second-order valence-electron chi connectivity index (χ2n) is 27.4. The minimum absolute atomic E-state index is 0.0596. The topological polar surface area (TPSA) is 595 Å². The summed E-state index contributed by atoms with van der Waals surface area (Å²) in [5.74, 6) is -3.66. The maximum atomic E-state index is 11.6. The fourth-order valence-corrected chi connectivity index (χ4v) is 11.2. The molecule has 0 unspecified atom stereocenters. The van der Waals surface area contributed by atoms with Gasteiger partial charge in [-0.15, -0.1) is 0 Å². The number of carbonyl (C=O) groups is 8. The molecule has 0 atom stereocenters. The first-order valence-electron chi connectivity index (χ1n) is 39.5. The molecular formula is C85H135N23O11. The second-order valence-corrected chi connectivity index (χ2v) is 27.4. The molecule has 0 bridgehead atoms. The van der Waals surface area contributed by atoms with Crippen molar-refractivity contribution in [2.75, 3.05) is 216 Å². The number of benzene rings is 7. The highest BCUT2D eigenvalue weighted by atomic mass is 16.5. The number of nitrogens with one attached hydrogen (secondary N) is 3. The van der Waals surface area contributed by atoms with Gasteiger partial charge in [0, 0.05) is 186 Å². The van der Waals surface area contributed by atoms with E-state index in [2.05, 4.69) is 63.2 Å². The normalized spacial score (nSPS) is 10.2. The van der Waals surface area contributed by atoms with Gasteiger partial charge in [-0.1, -0.05) is 40.5 Å². The molecule has 0 aliphatic rings. The summed E-state index contributed by atoms with van der Waals surface area (Å²) >= 11 is 0. The van der Waals surface area contributed by atoms with Gasteiger partial charge in [0.05, 0.1) is 58.7 Å². The van der Waals surface area contributed by atoms with E-state index in [4.69, 9.17) is 94.9 Å². The molecule has 656 valence electrons. The van der Waals surface area contributed by atoms with Gasteiger partial charge < -0.3 is 140 Å². The molecule has 32 N–H and O–H groups in total. The number of hydrogen-bond acceptors (Lipinski definition) is 26. The molecule has 0 aliphatic heterocycles. The van der Waals surface area contributed by atoms with Gasteiger partial charge in [0.2, 0.25) is 5.91 Å². The largest absolute Gasteiger partial charge is 0.398 e. The highest BCUT2D eigenvalue weighted by Gasteiger charge is 2.18. The smallest absolute Gasteiger partial charge is 0.250 e. The summed E-state index contributed by atoms with van der Waals surface area (Å²) in [6, 6.07) is 36.6. The lowest BCUT2D eigenvalue weighted by Crippen LogP contribution is -2.37. The average Bonchev–Trinajstić information content (AvgIpc) is 0.843. The number of methoxy groups -OCH3 is 2. The predicted octanol–water partition coefficient (Wildman–Crippen LogP) is 6.89. The Labute approximate surface area is 702 Å². The number of nitrogens with zero attached hydrogens (tertiary/aromatic N) is 6. The van der Waals surface area contributed by atoms with Crippen molar-refractivity contribution >= 4 is 127 Å². The van der Waals surface area contributed by atoms with Crippen molar-refractivity contribution in [3.8, 4) is 0 Å². The zero-order chi connectivity index (χ0) is 89.9. The number of aliphatic hydroxyl groups excluding tert-OH is 1. The van der Waals surface area contributed by atoms with Crippen LogP contribution in [0.5, 0.6) is 0 Å². The summed E-state index contributed by atoms with van der Waals surface area (Å²) in [6.07, 6.45) is 7.43. The first-order valence-corrected chi connectivity index (χ1v) is 39.5. The van der Waals surface area contributed by atoms with Crippen molar-refractivity contribution in [3.05, 3.63) is 166 Å². The van der Waals surface area contributed by atoms with E-state index in [1.165, 1.54) is 0 Å². The molecule has 34 nitrogen and oxygen atoms in total. The molecule has 34 heteroatoms. The first kappa shape index (κ1) is 104. The molecule has 0 aromatic heterocycles. The third-order valence-corrected chi connectivity index (χ3v) is 17.8. The quantitative estimate of drug-likeness (QED) is 0.0137. The molecule has 0 saturated heterocycles. The maximum absolute atomic E-state index is 11.6. The number of ether oxygens (including phenoxy) is 2. The second kappa shape index (κ2) is 57.4. The van der Waals surface area contributed by atoms with Crippen LogP contribution in [-0.4, -0.2) is 198 Å². The van der Waals surface area contributed by atoms with Crippen molar-refractivity contribution in [2.24, 2.45) is 40.1 Å². The number of rotatable bonds is 41. The average molecular weight is 1660 g/mol. The van der Waals surface area contributed by atoms with Crippen LogP contribution in [0.3, 0.4) is 0 Å². The molecule has 0 aliphatic carbocycles. The molecule has 0 spiro atoms. The molecule has 7 aromatic carbocycles. The van der Waals surface area contributed by atoms with E-state index < -0.39 is 41.4 Å². The number of likely N-dealkylation sites (N-methyl/N-ethyl adjacent to an activating group) is 5. The molecule has 0 saturated carbocycles. The van der Waals surface area contributed by atoms with Crippen LogP contribution in [0.25, 0.3) is 0 Å². The van der Waals surface area contributed by atoms with Crippen LogP contribution in [-0.2, 0) is 14.3 Å². The number of carbonyl (C=O) groups excluding carboxylic acids is 8. The van der Waals surface area contributed by atoms with E-state index >= 15 is 0 Å². The van der Waals surface area contributed by atoms with Gasteiger partial charge in [-0.05, 0) is 194 Å². The summed E-state index contributed by atoms with van der Waals surface area (Å²) in [6.45, 7) is 25.4. The Morgan fingerprint density at radius 2 is 0.655 bits per heavy atom. The standard InChI is InChI=1S/C14H23N3O2.C13H20N4O2.C13H21N3O2.C12H20N4O.C11H17N3O2.2C11H17N3O/c1-3-7-17(8-4-9-19-2)11-5-6-13(15)12(10-11)14(16)18;1-3-16-12(18)8-17(4-2)9-5-6-11(14)10(7-9)13(15)19;1-3-6-16(7-8-18-2)10-4-5-12(14)11(9-10)13(15)17;1-15(2)6-7-16(3)9-4-5-11(13)10(8-9)12(14)17;1-2-14(5-6-15)8-3-4-10(12)9(7-8)11(13)16;2*1-2-3-6-14-8-4-5-10(12)9(7-8)11(13)15/h5-6,10H,3-4,7-9,15H2,1-2H3,(H2,16,18);5-7H,3-4,8,14H2,1-2H3,(H2,15,19)(H,16,18);4-5,9H,3,6-8,14H2,1-2H3,(H2,15,17);4-5,8H,6-7,13H2,1-3H3,(H2,14,17);3-4,7,15H,2,5-6,12H2,1H3,(H2,13,16);2*4-5,7,14H,2-3,6,12H2,1H3,(H2,13,15).